The Balaban J connectivity index is 2.74. The molecule has 0 bridgehead atoms. The van der Waals surface area contributed by atoms with E-state index in [0.717, 1.165) is 24.1 Å². The van der Waals surface area contributed by atoms with Gasteiger partial charge in [0.25, 0.3) is 0 Å². The van der Waals surface area contributed by atoms with Crippen LogP contribution in [-0.4, -0.2) is 34.0 Å². The number of halogens is 1. The lowest BCUT2D eigenvalue weighted by Gasteiger charge is -2.15. The molecule has 0 fully saturated rings. The maximum absolute atomic E-state index is 6.29. The van der Waals surface area contributed by atoms with Crippen molar-refractivity contribution in [3.8, 4) is 11.5 Å². The molecule has 0 spiro atoms. The van der Waals surface area contributed by atoms with Gasteiger partial charge < -0.3 is 19.5 Å². The van der Waals surface area contributed by atoms with Crippen molar-refractivity contribution in [3.63, 3.8) is 0 Å². The van der Waals surface area contributed by atoms with E-state index in [9.17, 15) is 0 Å². The monoisotopic (exact) mass is 313 g/mol. The van der Waals surface area contributed by atoms with Gasteiger partial charge in [0.1, 0.15) is 6.61 Å². The second kappa shape index (κ2) is 9.66. The maximum Gasteiger partial charge on any atom is 0.180 e. The molecule has 0 aromatic heterocycles. The number of ether oxygens (including phenoxy) is 3. The Kier molecular flexibility index (Phi) is 8.20. The number of rotatable bonds is 10. The molecule has 1 rings (SSSR count). The summed E-state index contributed by atoms with van der Waals surface area (Å²) in [5.41, 5.74) is 2.05. The van der Waals surface area contributed by atoms with Gasteiger partial charge in [0.2, 0.25) is 0 Å². The highest BCUT2D eigenvalue weighted by Crippen LogP contribution is 2.36. The van der Waals surface area contributed by atoms with E-state index in [1.807, 2.05) is 19.1 Å². The highest BCUT2D eigenvalue weighted by Gasteiger charge is 2.12. The van der Waals surface area contributed by atoms with Crippen molar-refractivity contribution < 1.29 is 14.2 Å². The first-order chi connectivity index (χ1) is 10.1. The number of benzene rings is 1. The van der Waals surface area contributed by atoms with E-state index in [1.165, 1.54) is 0 Å². The lowest BCUT2D eigenvalue weighted by Crippen LogP contribution is -2.18. The van der Waals surface area contributed by atoms with Crippen molar-refractivity contribution in [1.82, 2.24) is 5.32 Å². The Hall–Kier alpha value is -1.23. The smallest absolute Gasteiger partial charge is 0.180 e. The van der Waals surface area contributed by atoms with Gasteiger partial charge in [0, 0.05) is 20.2 Å². The van der Waals surface area contributed by atoms with Crippen molar-refractivity contribution in [2.24, 2.45) is 0 Å². The molecule has 0 heterocycles. The first kappa shape index (κ1) is 17.8. The molecule has 0 saturated carbocycles. The summed E-state index contributed by atoms with van der Waals surface area (Å²) in [5.74, 6) is 1.20. The summed E-state index contributed by atoms with van der Waals surface area (Å²) in [6.45, 7) is 8.55. The molecule has 1 aromatic rings. The van der Waals surface area contributed by atoms with Crippen LogP contribution in [0.3, 0.4) is 0 Å². The number of methoxy groups -OCH3 is 2. The summed E-state index contributed by atoms with van der Waals surface area (Å²) in [5, 5.41) is 3.81. The predicted octanol–water partition coefficient (Wildman–Crippen LogP) is 3.43. The molecule has 0 aliphatic carbocycles. The normalized spacial score (nSPS) is 10.5. The van der Waals surface area contributed by atoms with Crippen molar-refractivity contribution >= 4 is 11.6 Å². The molecular weight excluding hydrogens is 290 g/mol. The quantitative estimate of drug-likeness (QED) is 0.530. The molecule has 0 atom stereocenters. The summed E-state index contributed by atoms with van der Waals surface area (Å²) in [6.07, 6.45) is 0.876. The average molecular weight is 314 g/mol. The van der Waals surface area contributed by atoms with Crippen LogP contribution in [0.4, 0.5) is 0 Å². The molecule has 0 saturated heterocycles. The van der Waals surface area contributed by atoms with E-state index >= 15 is 0 Å². The van der Waals surface area contributed by atoms with Gasteiger partial charge in [-0.25, -0.2) is 0 Å². The number of hydrogen-bond acceptors (Lipinski definition) is 4. The average Bonchev–Trinajstić information content (AvgIpc) is 2.49. The zero-order valence-corrected chi connectivity index (χ0v) is 13.8. The SMILES string of the molecule is C=C(CC)COc1c(Cl)cc(CNCCOC)cc1OC. The Labute approximate surface area is 132 Å². The molecule has 0 amide bonds. The third kappa shape index (κ3) is 5.96. The molecule has 21 heavy (non-hydrogen) atoms. The summed E-state index contributed by atoms with van der Waals surface area (Å²) < 4.78 is 16.1. The van der Waals surface area contributed by atoms with Gasteiger partial charge in [-0.1, -0.05) is 25.1 Å². The van der Waals surface area contributed by atoms with E-state index in [2.05, 4.69) is 11.9 Å². The van der Waals surface area contributed by atoms with Crippen molar-refractivity contribution in [2.75, 3.05) is 34.0 Å². The van der Waals surface area contributed by atoms with Crippen LogP contribution in [0, 0.1) is 0 Å². The maximum atomic E-state index is 6.29. The Morgan fingerprint density at radius 3 is 2.71 bits per heavy atom. The minimum Gasteiger partial charge on any atom is -0.493 e. The molecule has 0 radical (unpaired) electrons. The van der Waals surface area contributed by atoms with Crippen LogP contribution in [0.5, 0.6) is 11.5 Å². The first-order valence-electron chi connectivity index (χ1n) is 6.97. The van der Waals surface area contributed by atoms with Gasteiger partial charge in [-0.3, -0.25) is 0 Å². The van der Waals surface area contributed by atoms with Crippen LogP contribution in [-0.2, 0) is 11.3 Å². The molecule has 0 aliphatic heterocycles. The lowest BCUT2D eigenvalue weighted by atomic mass is 10.2. The number of nitrogens with one attached hydrogen (secondary N) is 1. The van der Waals surface area contributed by atoms with Gasteiger partial charge in [-0.2, -0.15) is 0 Å². The summed E-state index contributed by atoms with van der Waals surface area (Å²) >= 11 is 6.29. The van der Waals surface area contributed by atoms with E-state index in [0.29, 0.717) is 36.3 Å². The summed E-state index contributed by atoms with van der Waals surface area (Å²) in [4.78, 5) is 0. The Morgan fingerprint density at radius 2 is 2.10 bits per heavy atom. The molecular formula is C16H24ClNO3. The highest BCUT2D eigenvalue weighted by atomic mass is 35.5. The van der Waals surface area contributed by atoms with Crippen LogP contribution in [0.15, 0.2) is 24.3 Å². The zero-order valence-electron chi connectivity index (χ0n) is 13.0. The molecule has 118 valence electrons. The second-order valence-electron chi connectivity index (χ2n) is 4.67. The summed E-state index contributed by atoms with van der Waals surface area (Å²) in [7, 11) is 3.28. The second-order valence-corrected chi connectivity index (χ2v) is 5.08. The fourth-order valence-corrected chi connectivity index (χ4v) is 1.99. The molecule has 4 nitrogen and oxygen atoms in total. The lowest BCUT2D eigenvalue weighted by molar-refractivity contribution is 0.199. The minimum absolute atomic E-state index is 0.442. The fraction of sp³-hybridized carbons (Fsp3) is 0.500. The molecule has 0 aliphatic rings. The van der Waals surface area contributed by atoms with Crippen molar-refractivity contribution in [1.29, 1.82) is 0 Å². The van der Waals surface area contributed by atoms with Crippen molar-refractivity contribution in [3.05, 3.63) is 34.9 Å². The van der Waals surface area contributed by atoms with Crippen LogP contribution in [0.2, 0.25) is 5.02 Å². The van der Waals surface area contributed by atoms with Crippen LogP contribution in [0.25, 0.3) is 0 Å². The van der Waals surface area contributed by atoms with E-state index in [4.69, 9.17) is 25.8 Å². The Bertz CT molecular complexity index is 463. The van der Waals surface area contributed by atoms with Gasteiger partial charge in [-0.15, -0.1) is 0 Å². The molecule has 5 heteroatoms. The predicted molar refractivity (Wildman–Crippen MR) is 86.5 cm³/mol. The van der Waals surface area contributed by atoms with Gasteiger partial charge in [0.15, 0.2) is 11.5 Å². The van der Waals surface area contributed by atoms with Gasteiger partial charge in [0.05, 0.1) is 18.7 Å². The topological polar surface area (TPSA) is 39.7 Å². The zero-order chi connectivity index (χ0) is 15.7. The van der Waals surface area contributed by atoms with Crippen LogP contribution < -0.4 is 14.8 Å². The van der Waals surface area contributed by atoms with E-state index in [1.54, 1.807) is 14.2 Å². The standard InChI is InChI=1S/C16H24ClNO3/c1-5-12(2)11-21-16-14(17)8-13(9-15(16)20-4)10-18-6-7-19-3/h8-9,18H,2,5-7,10-11H2,1,3-4H3. The highest BCUT2D eigenvalue weighted by molar-refractivity contribution is 6.32. The van der Waals surface area contributed by atoms with Crippen LogP contribution >= 0.6 is 11.6 Å². The first-order valence-corrected chi connectivity index (χ1v) is 7.35. The fourth-order valence-electron chi connectivity index (χ4n) is 1.70. The Morgan fingerprint density at radius 1 is 1.33 bits per heavy atom. The number of hydrogen-bond donors (Lipinski definition) is 1. The van der Waals surface area contributed by atoms with Crippen molar-refractivity contribution in [2.45, 2.75) is 19.9 Å². The largest absolute Gasteiger partial charge is 0.493 e. The van der Waals surface area contributed by atoms with Gasteiger partial charge in [-0.05, 0) is 29.7 Å². The molecule has 1 N–H and O–H groups in total. The summed E-state index contributed by atoms with van der Waals surface area (Å²) in [6, 6.07) is 3.81. The molecule has 1 aromatic carbocycles. The van der Waals surface area contributed by atoms with Crippen LogP contribution in [0.1, 0.15) is 18.9 Å². The van der Waals surface area contributed by atoms with E-state index < -0.39 is 0 Å². The van der Waals surface area contributed by atoms with Gasteiger partial charge >= 0.3 is 0 Å². The molecule has 0 unspecified atom stereocenters. The third-order valence-corrected chi connectivity index (χ3v) is 3.30. The minimum atomic E-state index is 0.442. The van der Waals surface area contributed by atoms with E-state index in [-0.39, 0.29) is 0 Å². The third-order valence-electron chi connectivity index (χ3n) is 3.02.